The third-order valence-electron chi connectivity index (χ3n) is 3.71. The van der Waals surface area contributed by atoms with Crippen LogP contribution in [0.3, 0.4) is 0 Å². The van der Waals surface area contributed by atoms with Crippen LogP contribution in [-0.4, -0.2) is 17.0 Å². The second-order valence-electron chi connectivity index (χ2n) is 4.87. The molecule has 1 saturated carbocycles. The topological polar surface area (TPSA) is 37.3 Å². The number of benzene rings is 1. The largest absolute Gasteiger partial charge is 0.392 e. The summed E-state index contributed by atoms with van der Waals surface area (Å²) >= 11 is 0. The SMILES string of the molecule is C[C@@]1(C(=O)c2ccccc2)CCCC[C@@H]1O. The Morgan fingerprint density at radius 2 is 2.00 bits per heavy atom. The van der Waals surface area contributed by atoms with Crippen molar-refractivity contribution in [1.82, 2.24) is 0 Å². The van der Waals surface area contributed by atoms with Crippen LogP contribution in [0, 0.1) is 5.41 Å². The van der Waals surface area contributed by atoms with E-state index in [0.717, 1.165) is 25.7 Å². The van der Waals surface area contributed by atoms with Crippen LogP contribution in [0.4, 0.5) is 0 Å². The van der Waals surface area contributed by atoms with E-state index in [1.54, 1.807) is 0 Å². The number of carbonyl (C=O) groups excluding carboxylic acids is 1. The summed E-state index contributed by atoms with van der Waals surface area (Å²) in [5, 5.41) is 10.0. The molecule has 0 spiro atoms. The summed E-state index contributed by atoms with van der Waals surface area (Å²) < 4.78 is 0. The predicted molar refractivity (Wildman–Crippen MR) is 63.4 cm³/mol. The normalized spacial score (nSPS) is 30.0. The van der Waals surface area contributed by atoms with Crippen molar-refractivity contribution in [2.24, 2.45) is 5.41 Å². The van der Waals surface area contributed by atoms with Crippen LogP contribution < -0.4 is 0 Å². The first kappa shape index (κ1) is 11.3. The van der Waals surface area contributed by atoms with Crippen molar-refractivity contribution in [1.29, 1.82) is 0 Å². The number of aliphatic hydroxyl groups is 1. The Bertz CT molecular complexity index is 372. The van der Waals surface area contributed by atoms with E-state index in [4.69, 9.17) is 0 Å². The Morgan fingerprint density at radius 3 is 2.62 bits per heavy atom. The molecule has 2 nitrogen and oxygen atoms in total. The molecule has 0 heterocycles. The maximum Gasteiger partial charge on any atom is 0.171 e. The predicted octanol–water partition coefficient (Wildman–Crippen LogP) is 2.81. The summed E-state index contributed by atoms with van der Waals surface area (Å²) in [7, 11) is 0. The lowest BCUT2D eigenvalue weighted by Crippen LogP contribution is -2.42. The summed E-state index contributed by atoms with van der Waals surface area (Å²) in [5.41, 5.74) is 0.130. The average molecular weight is 218 g/mol. The summed E-state index contributed by atoms with van der Waals surface area (Å²) in [6, 6.07) is 9.29. The first-order valence-corrected chi connectivity index (χ1v) is 5.92. The van der Waals surface area contributed by atoms with Crippen LogP contribution in [0.15, 0.2) is 30.3 Å². The molecule has 1 aliphatic rings. The minimum Gasteiger partial charge on any atom is -0.392 e. The van der Waals surface area contributed by atoms with Crippen LogP contribution in [0.2, 0.25) is 0 Å². The van der Waals surface area contributed by atoms with Gasteiger partial charge in [0.2, 0.25) is 0 Å². The molecule has 2 heteroatoms. The van der Waals surface area contributed by atoms with E-state index in [9.17, 15) is 9.90 Å². The van der Waals surface area contributed by atoms with E-state index in [1.165, 1.54) is 0 Å². The van der Waals surface area contributed by atoms with Crippen molar-refractivity contribution in [3.05, 3.63) is 35.9 Å². The van der Waals surface area contributed by atoms with E-state index in [-0.39, 0.29) is 5.78 Å². The summed E-state index contributed by atoms with van der Waals surface area (Å²) in [4.78, 5) is 12.4. The Hall–Kier alpha value is -1.15. The highest BCUT2D eigenvalue weighted by Crippen LogP contribution is 2.38. The fourth-order valence-corrected chi connectivity index (χ4v) is 2.50. The average Bonchev–Trinajstić information content (AvgIpc) is 2.33. The number of hydrogen-bond donors (Lipinski definition) is 1. The molecule has 0 bridgehead atoms. The molecule has 1 aliphatic carbocycles. The molecular weight excluding hydrogens is 200 g/mol. The van der Waals surface area contributed by atoms with Gasteiger partial charge < -0.3 is 5.11 Å². The molecule has 1 fully saturated rings. The molecule has 0 saturated heterocycles. The van der Waals surface area contributed by atoms with Gasteiger partial charge in [-0.05, 0) is 19.8 Å². The van der Waals surface area contributed by atoms with Crippen molar-refractivity contribution in [3.8, 4) is 0 Å². The van der Waals surface area contributed by atoms with Crippen molar-refractivity contribution in [2.45, 2.75) is 38.7 Å². The van der Waals surface area contributed by atoms with Gasteiger partial charge in [0.15, 0.2) is 5.78 Å². The lowest BCUT2D eigenvalue weighted by Gasteiger charge is -2.37. The number of Topliss-reactive ketones (excluding diaryl/α,β-unsaturated/α-hetero) is 1. The zero-order chi connectivity index (χ0) is 11.6. The van der Waals surface area contributed by atoms with E-state index in [1.807, 2.05) is 37.3 Å². The number of carbonyl (C=O) groups is 1. The van der Waals surface area contributed by atoms with E-state index in [0.29, 0.717) is 5.56 Å². The molecule has 2 atom stereocenters. The molecule has 16 heavy (non-hydrogen) atoms. The smallest absolute Gasteiger partial charge is 0.171 e. The van der Waals surface area contributed by atoms with Crippen molar-refractivity contribution < 1.29 is 9.90 Å². The van der Waals surface area contributed by atoms with Crippen LogP contribution in [0.25, 0.3) is 0 Å². The van der Waals surface area contributed by atoms with E-state index < -0.39 is 11.5 Å². The highest BCUT2D eigenvalue weighted by atomic mass is 16.3. The molecule has 1 aromatic rings. The maximum absolute atomic E-state index is 12.4. The highest BCUT2D eigenvalue weighted by Gasteiger charge is 2.42. The third-order valence-corrected chi connectivity index (χ3v) is 3.71. The number of hydrogen-bond acceptors (Lipinski definition) is 2. The van der Waals surface area contributed by atoms with Gasteiger partial charge in [-0.3, -0.25) is 4.79 Å². The first-order valence-electron chi connectivity index (χ1n) is 5.92. The highest BCUT2D eigenvalue weighted by molar-refractivity contribution is 6.00. The molecule has 1 N–H and O–H groups in total. The van der Waals surface area contributed by atoms with E-state index in [2.05, 4.69) is 0 Å². The van der Waals surface area contributed by atoms with Gasteiger partial charge in [-0.1, -0.05) is 43.2 Å². The zero-order valence-electron chi connectivity index (χ0n) is 9.65. The quantitative estimate of drug-likeness (QED) is 0.775. The molecule has 0 aromatic heterocycles. The molecule has 0 unspecified atom stereocenters. The molecule has 86 valence electrons. The molecule has 0 radical (unpaired) electrons. The molecule has 0 aliphatic heterocycles. The number of ketones is 1. The zero-order valence-corrected chi connectivity index (χ0v) is 9.65. The minimum atomic E-state index is -0.584. The molecule has 2 rings (SSSR count). The summed E-state index contributed by atoms with van der Waals surface area (Å²) in [6.07, 6.45) is 3.11. The maximum atomic E-state index is 12.4. The Kier molecular flexibility index (Phi) is 3.10. The fourth-order valence-electron chi connectivity index (χ4n) is 2.50. The van der Waals surface area contributed by atoms with Gasteiger partial charge in [-0.15, -0.1) is 0 Å². The van der Waals surface area contributed by atoms with Crippen molar-refractivity contribution >= 4 is 5.78 Å². The van der Waals surface area contributed by atoms with Crippen LogP contribution in [0.5, 0.6) is 0 Å². The van der Waals surface area contributed by atoms with Gasteiger partial charge in [0.1, 0.15) is 0 Å². The van der Waals surface area contributed by atoms with Gasteiger partial charge in [0.25, 0.3) is 0 Å². The van der Waals surface area contributed by atoms with Crippen molar-refractivity contribution in [2.75, 3.05) is 0 Å². The van der Waals surface area contributed by atoms with Gasteiger partial charge >= 0.3 is 0 Å². The van der Waals surface area contributed by atoms with Crippen LogP contribution >= 0.6 is 0 Å². The molecule has 1 aromatic carbocycles. The molecular formula is C14H18O2. The third kappa shape index (κ3) is 1.90. The van der Waals surface area contributed by atoms with Crippen LogP contribution in [0.1, 0.15) is 43.0 Å². The standard InChI is InChI=1S/C14H18O2/c1-14(10-6-5-9-12(14)15)13(16)11-7-3-2-4-8-11/h2-4,7-8,12,15H,5-6,9-10H2,1H3/t12-,14+/m0/s1. The van der Waals surface area contributed by atoms with Gasteiger partial charge in [0.05, 0.1) is 11.5 Å². The summed E-state index contributed by atoms with van der Waals surface area (Å²) in [6.45, 7) is 1.90. The van der Waals surface area contributed by atoms with Gasteiger partial charge in [-0.25, -0.2) is 0 Å². The first-order chi connectivity index (χ1) is 7.64. The minimum absolute atomic E-state index is 0.0836. The van der Waals surface area contributed by atoms with E-state index >= 15 is 0 Å². The summed E-state index contributed by atoms with van der Waals surface area (Å²) in [5.74, 6) is 0.0836. The Balaban J connectivity index is 2.26. The van der Waals surface area contributed by atoms with Gasteiger partial charge in [-0.2, -0.15) is 0 Å². The number of rotatable bonds is 2. The monoisotopic (exact) mass is 218 g/mol. The van der Waals surface area contributed by atoms with Crippen molar-refractivity contribution in [3.63, 3.8) is 0 Å². The second kappa shape index (κ2) is 4.38. The Morgan fingerprint density at radius 1 is 1.31 bits per heavy atom. The fraction of sp³-hybridized carbons (Fsp3) is 0.500. The second-order valence-corrected chi connectivity index (χ2v) is 4.87. The number of aliphatic hydroxyl groups excluding tert-OH is 1. The van der Waals surface area contributed by atoms with Crippen LogP contribution in [-0.2, 0) is 0 Å². The Labute approximate surface area is 96.3 Å². The lowest BCUT2D eigenvalue weighted by molar-refractivity contribution is 0.00837. The lowest BCUT2D eigenvalue weighted by atomic mass is 9.69. The van der Waals surface area contributed by atoms with Gasteiger partial charge in [0, 0.05) is 5.56 Å². The molecule has 0 amide bonds.